The minimum atomic E-state index is -3.76. The van der Waals surface area contributed by atoms with Gasteiger partial charge in [0.15, 0.2) is 0 Å². The van der Waals surface area contributed by atoms with Crippen molar-refractivity contribution < 1.29 is 13.2 Å². The lowest BCUT2D eigenvalue weighted by atomic mass is 10.1. The maximum Gasteiger partial charge on any atom is 0.245 e. The second kappa shape index (κ2) is 7.39. The molecule has 1 aliphatic heterocycles. The fourth-order valence-electron chi connectivity index (χ4n) is 3.23. The molecule has 0 N–H and O–H groups in total. The van der Waals surface area contributed by atoms with E-state index in [1.54, 1.807) is 11.8 Å². The lowest BCUT2D eigenvalue weighted by molar-refractivity contribution is -0.123. The number of rotatable bonds is 4. The molecule has 0 unspecified atom stereocenters. The van der Waals surface area contributed by atoms with E-state index in [-0.39, 0.29) is 17.3 Å². The van der Waals surface area contributed by atoms with Crippen LogP contribution in [0.15, 0.2) is 53.4 Å². The fourth-order valence-corrected chi connectivity index (χ4v) is 4.94. The van der Waals surface area contributed by atoms with Gasteiger partial charge in [-0.15, -0.1) is 0 Å². The number of amides is 1. The van der Waals surface area contributed by atoms with Crippen LogP contribution >= 0.6 is 11.6 Å². The number of nitrogens with zero attached hydrogens (tertiary/aromatic N) is 2. The van der Waals surface area contributed by atoms with Crippen LogP contribution in [0.2, 0.25) is 5.02 Å². The predicted octanol–water partition coefficient (Wildman–Crippen LogP) is 3.33. The highest BCUT2D eigenvalue weighted by Crippen LogP contribution is 2.28. The molecule has 138 valence electrons. The zero-order valence-corrected chi connectivity index (χ0v) is 16.3. The molecule has 7 heteroatoms. The number of hydrogen-bond donors (Lipinski definition) is 0. The quantitative estimate of drug-likeness (QED) is 0.801. The SMILES string of the molecule is CCc1ccccc1N1CCN(S(=O)(=O)c2ccc(Cl)cc2)[C@@H](C)C1=O. The first-order valence-electron chi connectivity index (χ1n) is 8.53. The summed E-state index contributed by atoms with van der Waals surface area (Å²) in [5, 5.41) is 0.467. The number of aryl methyl sites for hydroxylation is 1. The minimum Gasteiger partial charge on any atom is -0.309 e. The molecule has 5 nitrogen and oxygen atoms in total. The van der Waals surface area contributed by atoms with E-state index in [0.717, 1.165) is 17.7 Å². The summed E-state index contributed by atoms with van der Waals surface area (Å²) in [7, 11) is -3.76. The monoisotopic (exact) mass is 392 g/mol. The standard InChI is InChI=1S/C19H21ClN2O3S/c1-3-15-6-4-5-7-18(15)21-12-13-22(14(2)19(21)23)26(24,25)17-10-8-16(20)9-11-17/h4-11,14H,3,12-13H2,1-2H3/t14-/m0/s1. The average molecular weight is 393 g/mol. The number of carbonyl (C=O) groups excluding carboxylic acids is 1. The molecule has 0 spiro atoms. The largest absolute Gasteiger partial charge is 0.309 e. The van der Waals surface area contributed by atoms with Crippen LogP contribution < -0.4 is 4.90 Å². The number of para-hydroxylation sites is 1. The number of carbonyl (C=O) groups is 1. The van der Waals surface area contributed by atoms with E-state index in [4.69, 9.17) is 11.6 Å². The topological polar surface area (TPSA) is 57.7 Å². The van der Waals surface area contributed by atoms with E-state index < -0.39 is 16.1 Å². The lowest BCUT2D eigenvalue weighted by Crippen LogP contribution is -2.57. The lowest BCUT2D eigenvalue weighted by Gasteiger charge is -2.38. The van der Waals surface area contributed by atoms with E-state index in [1.165, 1.54) is 28.6 Å². The molecular weight excluding hydrogens is 372 g/mol. The van der Waals surface area contributed by atoms with E-state index in [2.05, 4.69) is 0 Å². The predicted molar refractivity (Wildman–Crippen MR) is 103 cm³/mol. The van der Waals surface area contributed by atoms with E-state index in [9.17, 15) is 13.2 Å². The summed E-state index contributed by atoms with van der Waals surface area (Å²) < 4.78 is 27.1. The first kappa shape index (κ1) is 18.9. The molecule has 1 saturated heterocycles. The maximum absolute atomic E-state index is 12.9. The van der Waals surface area contributed by atoms with Crippen molar-refractivity contribution >= 4 is 33.2 Å². The van der Waals surface area contributed by atoms with Gasteiger partial charge in [0.1, 0.15) is 6.04 Å². The molecule has 0 aliphatic carbocycles. The molecule has 1 amide bonds. The van der Waals surface area contributed by atoms with Crippen LogP contribution in [0, 0.1) is 0 Å². The van der Waals surface area contributed by atoms with Crippen molar-refractivity contribution in [1.82, 2.24) is 4.31 Å². The molecular formula is C19H21ClN2O3S. The number of sulfonamides is 1. The Kier molecular flexibility index (Phi) is 5.37. The summed E-state index contributed by atoms with van der Waals surface area (Å²) in [5.74, 6) is -0.213. The van der Waals surface area contributed by atoms with Gasteiger partial charge in [-0.25, -0.2) is 8.42 Å². The van der Waals surface area contributed by atoms with Gasteiger partial charge in [-0.1, -0.05) is 36.7 Å². The van der Waals surface area contributed by atoms with E-state index >= 15 is 0 Å². The first-order chi connectivity index (χ1) is 12.4. The number of piperazine rings is 1. The summed E-state index contributed by atoms with van der Waals surface area (Å²) in [5.41, 5.74) is 1.93. The second-order valence-corrected chi connectivity index (χ2v) is 8.54. The highest BCUT2D eigenvalue weighted by molar-refractivity contribution is 7.89. The van der Waals surface area contributed by atoms with Gasteiger partial charge in [-0.05, 0) is 49.2 Å². The summed E-state index contributed by atoms with van der Waals surface area (Å²) in [6, 6.07) is 13.0. The molecule has 26 heavy (non-hydrogen) atoms. The Morgan fingerprint density at radius 3 is 2.38 bits per heavy atom. The minimum absolute atomic E-state index is 0.143. The Balaban J connectivity index is 1.89. The molecule has 2 aromatic carbocycles. The van der Waals surface area contributed by atoms with Gasteiger partial charge >= 0.3 is 0 Å². The summed E-state index contributed by atoms with van der Waals surface area (Å²) >= 11 is 5.85. The van der Waals surface area contributed by atoms with Gasteiger partial charge in [0.2, 0.25) is 15.9 Å². The van der Waals surface area contributed by atoms with Gasteiger partial charge in [0.25, 0.3) is 0 Å². The van der Waals surface area contributed by atoms with Crippen LogP contribution in [-0.4, -0.2) is 37.8 Å². The number of benzene rings is 2. The van der Waals surface area contributed by atoms with Crippen LogP contribution in [0.1, 0.15) is 19.4 Å². The van der Waals surface area contributed by atoms with Crippen molar-refractivity contribution in [1.29, 1.82) is 0 Å². The van der Waals surface area contributed by atoms with Crippen molar-refractivity contribution in [2.45, 2.75) is 31.2 Å². The van der Waals surface area contributed by atoms with Crippen LogP contribution in [0.3, 0.4) is 0 Å². The Bertz CT molecular complexity index is 913. The molecule has 1 aliphatic rings. The van der Waals surface area contributed by atoms with Crippen molar-refractivity contribution in [3.63, 3.8) is 0 Å². The zero-order chi connectivity index (χ0) is 18.9. The van der Waals surface area contributed by atoms with Crippen LogP contribution in [0.25, 0.3) is 0 Å². The first-order valence-corrected chi connectivity index (χ1v) is 10.3. The Morgan fingerprint density at radius 1 is 1.08 bits per heavy atom. The Hall–Kier alpha value is -1.89. The smallest absolute Gasteiger partial charge is 0.245 e. The van der Waals surface area contributed by atoms with E-state index in [0.29, 0.717) is 11.6 Å². The average Bonchev–Trinajstić information content (AvgIpc) is 2.64. The molecule has 0 radical (unpaired) electrons. The van der Waals surface area contributed by atoms with Crippen molar-refractivity contribution in [2.24, 2.45) is 0 Å². The third-order valence-electron chi connectivity index (χ3n) is 4.68. The molecule has 0 bridgehead atoms. The van der Waals surface area contributed by atoms with Gasteiger partial charge in [0.05, 0.1) is 4.90 Å². The van der Waals surface area contributed by atoms with Crippen molar-refractivity contribution in [3.05, 3.63) is 59.1 Å². The van der Waals surface area contributed by atoms with Crippen LogP contribution in [0.4, 0.5) is 5.69 Å². The van der Waals surface area contributed by atoms with Gasteiger partial charge in [-0.3, -0.25) is 4.79 Å². The Morgan fingerprint density at radius 2 is 1.73 bits per heavy atom. The molecule has 0 saturated carbocycles. The zero-order valence-electron chi connectivity index (χ0n) is 14.7. The van der Waals surface area contributed by atoms with Crippen LogP contribution in [0.5, 0.6) is 0 Å². The highest BCUT2D eigenvalue weighted by Gasteiger charge is 2.39. The summed E-state index contributed by atoms with van der Waals surface area (Å²) in [6.07, 6.45) is 0.807. The molecule has 0 aromatic heterocycles. The second-order valence-electron chi connectivity index (χ2n) is 6.22. The third kappa shape index (κ3) is 3.37. The van der Waals surface area contributed by atoms with Gasteiger partial charge in [-0.2, -0.15) is 4.31 Å². The normalized spacial score (nSPS) is 19.0. The van der Waals surface area contributed by atoms with Crippen molar-refractivity contribution in [2.75, 3.05) is 18.0 Å². The number of hydrogen-bond acceptors (Lipinski definition) is 3. The van der Waals surface area contributed by atoms with Crippen LogP contribution in [-0.2, 0) is 21.2 Å². The molecule has 1 atom stereocenters. The summed E-state index contributed by atoms with van der Waals surface area (Å²) in [6.45, 7) is 4.24. The van der Waals surface area contributed by atoms with Crippen molar-refractivity contribution in [3.8, 4) is 0 Å². The van der Waals surface area contributed by atoms with Gasteiger partial charge in [0, 0.05) is 23.8 Å². The molecule has 1 fully saturated rings. The Labute approximate surface area is 159 Å². The highest BCUT2D eigenvalue weighted by atomic mass is 35.5. The van der Waals surface area contributed by atoms with E-state index in [1.807, 2.05) is 31.2 Å². The fraction of sp³-hybridized carbons (Fsp3) is 0.316. The number of halogens is 1. The molecule has 1 heterocycles. The maximum atomic E-state index is 12.9. The number of anilines is 1. The third-order valence-corrected chi connectivity index (χ3v) is 6.92. The molecule has 2 aromatic rings. The molecule has 3 rings (SSSR count). The van der Waals surface area contributed by atoms with Gasteiger partial charge < -0.3 is 4.90 Å². The summed E-state index contributed by atoms with van der Waals surface area (Å²) in [4.78, 5) is 14.8.